The molecule has 106 valence electrons. The van der Waals surface area contributed by atoms with E-state index in [9.17, 15) is 13.2 Å². The summed E-state index contributed by atoms with van der Waals surface area (Å²) in [5.74, 6) is -0.0684. The van der Waals surface area contributed by atoms with E-state index >= 15 is 0 Å². The molecule has 2 N–H and O–H groups in total. The van der Waals surface area contributed by atoms with Gasteiger partial charge >= 0.3 is 0 Å². The Balaban J connectivity index is 2.01. The summed E-state index contributed by atoms with van der Waals surface area (Å²) in [5.41, 5.74) is 0.171. The van der Waals surface area contributed by atoms with Crippen LogP contribution < -0.4 is 5.32 Å². The number of rotatable bonds is 4. The lowest BCUT2D eigenvalue weighted by Gasteiger charge is -2.18. The van der Waals surface area contributed by atoms with Crippen molar-refractivity contribution in [2.45, 2.75) is 24.3 Å². The highest BCUT2D eigenvalue weighted by atomic mass is 35.7. The van der Waals surface area contributed by atoms with E-state index in [0.29, 0.717) is 13.2 Å². The van der Waals surface area contributed by atoms with E-state index in [1.807, 2.05) is 6.92 Å². The number of nitrogens with one attached hydrogen (secondary N) is 2. The molecule has 1 aromatic heterocycles. The molecule has 1 aliphatic rings. The highest BCUT2D eigenvalue weighted by Gasteiger charge is 2.24. The Morgan fingerprint density at radius 3 is 2.89 bits per heavy atom. The number of H-pyrrole nitrogens is 1. The van der Waals surface area contributed by atoms with Gasteiger partial charge in [-0.3, -0.25) is 4.79 Å². The van der Waals surface area contributed by atoms with Gasteiger partial charge in [0.25, 0.3) is 15.0 Å². The van der Waals surface area contributed by atoms with Crippen LogP contribution in [0.25, 0.3) is 0 Å². The number of hydrogen-bond donors (Lipinski definition) is 2. The monoisotopic (exact) mass is 306 g/mol. The molecule has 1 aromatic rings. The predicted octanol–water partition coefficient (Wildman–Crippen LogP) is 1.10. The second-order valence-electron chi connectivity index (χ2n) is 4.57. The van der Waals surface area contributed by atoms with Crippen molar-refractivity contribution in [3.63, 3.8) is 0 Å². The zero-order valence-electron chi connectivity index (χ0n) is 10.3. The van der Waals surface area contributed by atoms with Gasteiger partial charge in [-0.05, 0) is 19.4 Å². The number of aromatic amines is 1. The van der Waals surface area contributed by atoms with Crippen LogP contribution in [0.5, 0.6) is 0 Å². The van der Waals surface area contributed by atoms with Crippen molar-refractivity contribution in [3.8, 4) is 0 Å². The Hall–Kier alpha value is -1.05. The molecule has 2 atom stereocenters. The van der Waals surface area contributed by atoms with Crippen LogP contribution >= 0.6 is 10.7 Å². The quantitative estimate of drug-likeness (QED) is 0.815. The Kier molecular flexibility index (Phi) is 4.17. The van der Waals surface area contributed by atoms with Crippen molar-refractivity contribution in [2.24, 2.45) is 5.92 Å². The summed E-state index contributed by atoms with van der Waals surface area (Å²) in [6.07, 6.45) is 2.11. The number of carbonyl (C=O) groups is 1. The molecule has 1 aliphatic heterocycles. The van der Waals surface area contributed by atoms with E-state index in [1.165, 1.54) is 12.3 Å². The fraction of sp³-hybridized carbons (Fsp3) is 0.545. The smallest absolute Gasteiger partial charge is 0.267 e. The maximum atomic E-state index is 11.9. The molecule has 2 rings (SSSR count). The van der Waals surface area contributed by atoms with Gasteiger partial charge in [-0.1, -0.05) is 0 Å². The van der Waals surface area contributed by atoms with Crippen LogP contribution in [0, 0.1) is 5.92 Å². The van der Waals surface area contributed by atoms with Crippen molar-refractivity contribution >= 4 is 25.6 Å². The third-order valence-electron chi connectivity index (χ3n) is 3.21. The van der Waals surface area contributed by atoms with E-state index < -0.39 is 9.05 Å². The maximum Gasteiger partial charge on any atom is 0.267 e. The lowest BCUT2D eigenvalue weighted by atomic mass is 10.0. The molecule has 0 radical (unpaired) electrons. The van der Waals surface area contributed by atoms with Gasteiger partial charge in [-0.15, -0.1) is 0 Å². The molecule has 19 heavy (non-hydrogen) atoms. The van der Waals surface area contributed by atoms with Gasteiger partial charge in [-0.2, -0.15) is 0 Å². The summed E-state index contributed by atoms with van der Waals surface area (Å²) < 4.78 is 27.5. The zero-order chi connectivity index (χ0) is 14.0. The van der Waals surface area contributed by atoms with Crippen LogP contribution in [0.3, 0.4) is 0 Å². The fourth-order valence-corrected chi connectivity index (χ4v) is 2.72. The first-order valence-corrected chi connectivity index (χ1v) is 8.20. The number of hydrogen-bond acceptors (Lipinski definition) is 4. The Morgan fingerprint density at radius 2 is 2.37 bits per heavy atom. The normalized spacial score (nSPS) is 21.3. The van der Waals surface area contributed by atoms with Gasteiger partial charge in [0.05, 0.1) is 6.61 Å². The van der Waals surface area contributed by atoms with Crippen LogP contribution in [0.15, 0.2) is 17.2 Å². The molecule has 8 heteroatoms. The number of halogens is 1. The molecule has 0 aromatic carbocycles. The van der Waals surface area contributed by atoms with Crippen molar-refractivity contribution in [1.82, 2.24) is 10.3 Å². The number of amides is 1. The van der Waals surface area contributed by atoms with Gasteiger partial charge in [-0.25, -0.2) is 8.42 Å². The van der Waals surface area contributed by atoms with Crippen LogP contribution in [0.4, 0.5) is 0 Å². The van der Waals surface area contributed by atoms with Gasteiger partial charge < -0.3 is 15.0 Å². The lowest BCUT2D eigenvalue weighted by Crippen LogP contribution is -2.38. The van der Waals surface area contributed by atoms with Gasteiger partial charge in [0.2, 0.25) is 0 Å². The van der Waals surface area contributed by atoms with E-state index in [0.717, 1.165) is 6.42 Å². The van der Waals surface area contributed by atoms with E-state index in [2.05, 4.69) is 10.3 Å². The molecule has 0 aliphatic carbocycles. The third kappa shape index (κ3) is 3.49. The minimum absolute atomic E-state index is 0.0330. The second kappa shape index (κ2) is 5.52. The van der Waals surface area contributed by atoms with Crippen molar-refractivity contribution in [1.29, 1.82) is 0 Å². The molecule has 0 bridgehead atoms. The molecule has 0 saturated carbocycles. The minimum Gasteiger partial charge on any atom is -0.381 e. The third-order valence-corrected chi connectivity index (χ3v) is 4.55. The summed E-state index contributed by atoms with van der Waals surface area (Å²) >= 11 is 0. The molecule has 1 saturated heterocycles. The van der Waals surface area contributed by atoms with Crippen LogP contribution in [-0.2, 0) is 13.8 Å². The fourth-order valence-electron chi connectivity index (χ4n) is 2.00. The number of ether oxygens (including phenoxy) is 1. The summed E-state index contributed by atoms with van der Waals surface area (Å²) in [6, 6.07) is 1.18. The van der Waals surface area contributed by atoms with Crippen LogP contribution in [0.2, 0.25) is 0 Å². The first-order valence-electron chi connectivity index (χ1n) is 5.89. The predicted molar refractivity (Wildman–Crippen MR) is 69.7 cm³/mol. The molecule has 2 unspecified atom stereocenters. The topological polar surface area (TPSA) is 88.3 Å². The Morgan fingerprint density at radius 1 is 1.63 bits per heavy atom. The number of aromatic nitrogens is 1. The average molecular weight is 307 g/mol. The first kappa shape index (κ1) is 14.4. The molecule has 0 spiro atoms. The highest BCUT2D eigenvalue weighted by Crippen LogP contribution is 2.18. The van der Waals surface area contributed by atoms with Crippen LogP contribution in [-0.4, -0.2) is 38.6 Å². The standard InChI is InChI=1S/C11H15ClN2O4S/c1-7(8-2-3-18-6-8)14-11(15)10-4-9(5-13-10)19(12,16)17/h4-5,7-8,13H,2-3,6H2,1H3,(H,14,15). The molecular weight excluding hydrogens is 292 g/mol. The lowest BCUT2D eigenvalue weighted by molar-refractivity contribution is 0.0917. The highest BCUT2D eigenvalue weighted by molar-refractivity contribution is 8.13. The zero-order valence-corrected chi connectivity index (χ0v) is 11.9. The van der Waals surface area contributed by atoms with Crippen molar-refractivity contribution in [3.05, 3.63) is 18.0 Å². The first-order chi connectivity index (χ1) is 8.88. The SMILES string of the molecule is CC(NC(=O)c1cc(S(=O)(=O)Cl)c[nH]1)C1CCOC1. The maximum absolute atomic E-state index is 11.9. The van der Waals surface area contributed by atoms with Crippen LogP contribution in [0.1, 0.15) is 23.8 Å². The molecule has 2 heterocycles. The van der Waals surface area contributed by atoms with Crippen molar-refractivity contribution < 1.29 is 17.9 Å². The Labute approximate surface area is 115 Å². The van der Waals surface area contributed by atoms with Gasteiger partial charge in [0.15, 0.2) is 0 Å². The average Bonchev–Trinajstić information content (AvgIpc) is 3.00. The summed E-state index contributed by atoms with van der Waals surface area (Å²) in [7, 11) is 1.37. The second-order valence-corrected chi connectivity index (χ2v) is 7.14. The largest absolute Gasteiger partial charge is 0.381 e. The minimum atomic E-state index is -3.82. The Bertz CT molecular complexity index is 563. The molecular formula is C11H15ClN2O4S. The van der Waals surface area contributed by atoms with Gasteiger partial charge in [0.1, 0.15) is 10.6 Å². The molecule has 6 nitrogen and oxygen atoms in total. The van der Waals surface area contributed by atoms with E-state index in [4.69, 9.17) is 15.4 Å². The summed E-state index contributed by atoms with van der Waals surface area (Å²) in [5, 5.41) is 2.81. The molecule has 1 amide bonds. The van der Waals surface area contributed by atoms with E-state index in [-0.39, 0.29) is 28.5 Å². The van der Waals surface area contributed by atoms with Gasteiger partial charge in [0, 0.05) is 35.4 Å². The summed E-state index contributed by atoms with van der Waals surface area (Å²) in [6.45, 7) is 3.24. The summed E-state index contributed by atoms with van der Waals surface area (Å²) in [4.78, 5) is 14.4. The van der Waals surface area contributed by atoms with E-state index in [1.54, 1.807) is 0 Å². The number of carbonyl (C=O) groups excluding carboxylic acids is 1. The molecule has 1 fully saturated rings. The van der Waals surface area contributed by atoms with Crippen molar-refractivity contribution in [2.75, 3.05) is 13.2 Å².